The molecule has 1 aliphatic rings. The molecule has 0 spiro atoms. The molecule has 0 saturated carbocycles. The number of aromatic nitrogens is 2. The average molecular weight is 339 g/mol. The number of benzene rings is 1. The highest BCUT2D eigenvalue weighted by molar-refractivity contribution is 5.75. The molecule has 1 saturated heterocycles. The molecule has 1 fully saturated rings. The van der Waals surface area contributed by atoms with E-state index in [1.165, 1.54) is 12.8 Å². The number of carbonyl (C=O) groups excluding carboxylic acids is 1. The number of aldehydes is 1. The summed E-state index contributed by atoms with van der Waals surface area (Å²) in [5.41, 5.74) is 1.60. The van der Waals surface area contributed by atoms with Crippen LogP contribution in [0.2, 0.25) is 0 Å². The van der Waals surface area contributed by atoms with E-state index in [4.69, 9.17) is 4.74 Å². The molecule has 0 amide bonds. The van der Waals surface area contributed by atoms with Crippen LogP contribution in [0.5, 0.6) is 5.75 Å². The first-order chi connectivity index (χ1) is 12.2. The lowest BCUT2D eigenvalue weighted by molar-refractivity contribution is 0.112. The number of nitrogens with zero attached hydrogens (tertiary/aromatic N) is 3. The summed E-state index contributed by atoms with van der Waals surface area (Å²) in [6.07, 6.45) is 5.46. The number of carbonyl (C=O) groups is 1. The summed E-state index contributed by atoms with van der Waals surface area (Å²) < 4.78 is 5.77. The lowest BCUT2D eigenvalue weighted by atomic mass is 9.93. The summed E-state index contributed by atoms with van der Waals surface area (Å²) in [7, 11) is 0. The molecule has 1 unspecified atom stereocenters. The predicted octanol–water partition coefficient (Wildman–Crippen LogP) is 3.67. The second-order valence-corrected chi connectivity index (χ2v) is 6.67. The zero-order valence-electron chi connectivity index (χ0n) is 14.7. The average Bonchev–Trinajstić information content (AvgIpc) is 2.66. The summed E-state index contributed by atoms with van der Waals surface area (Å²) in [6, 6.07) is 11.4. The first-order valence-electron chi connectivity index (χ1n) is 8.98. The second kappa shape index (κ2) is 8.60. The monoisotopic (exact) mass is 339 g/mol. The van der Waals surface area contributed by atoms with Crippen molar-refractivity contribution in [3.63, 3.8) is 0 Å². The minimum atomic E-state index is 0.652. The van der Waals surface area contributed by atoms with Crippen molar-refractivity contribution in [2.75, 3.05) is 24.6 Å². The van der Waals surface area contributed by atoms with Gasteiger partial charge >= 0.3 is 0 Å². The van der Waals surface area contributed by atoms with Crippen LogP contribution in [0.25, 0.3) is 0 Å². The van der Waals surface area contributed by atoms with Gasteiger partial charge in [0, 0.05) is 18.7 Å². The van der Waals surface area contributed by atoms with Gasteiger partial charge in [0.05, 0.1) is 12.3 Å². The van der Waals surface area contributed by atoms with Crippen LogP contribution in [0, 0.1) is 12.8 Å². The number of aryl methyl sites for hydroxylation is 1. The molecule has 0 radical (unpaired) electrons. The zero-order chi connectivity index (χ0) is 17.5. The molecule has 2 heterocycles. The summed E-state index contributed by atoms with van der Waals surface area (Å²) in [5.74, 6) is 2.42. The number of rotatable bonds is 7. The normalized spacial score (nSPS) is 17.3. The van der Waals surface area contributed by atoms with E-state index in [0.29, 0.717) is 18.1 Å². The van der Waals surface area contributed by atoms with Gasteiger partial charge in [0.1, 0.15) is 12.0 Å². The van der Waals surface area contributed by atoms with Gasteiger partial charge in [0.25, 0.3) is 0 Å². The molecule has 3 rings (SSSR count). The van der Waals surface area contributed by atoms with Crippen molar-refractivity contribution < 1.29 is 9.53 Å². The van der Waals surface area contributed by atoms with E-state index in [-0.39, 0.29) is 0 Å². The summed E-state index contributed by atoms with van der Waals surface area (Å²) in [5, 5.41) is 8.48. The Kier molecular flexibility index (Phi) is 5.99. The highest BCUT2D eigenvalue weighted by Gasteiger charge is 2.20. The highest BCUT2D eigenvalue weighted by Crippen LogP contribution is 2.24. The van der Waals surface area contributed by atoms with Crippen molar-refractivity contribution in [3.8, 4) is 5.75 Å². The molecule has 1 aliphatic heterocycles. The number of anilines is 1. The van der Waals surface area contributed by atoms with E-state index in [9.17, 15) is 4.79 Å². The largest absolute Gasteiger partial charge is 0.494 e. The first-order valence-corrected chi connectivity index (χ1v) is 8.98. The SMILES string of the molecule is Cc1ccc(N2CCCC(CCCOc3cccc(C=O)c3)C2)nn1. The molecule has 5 nitrogen and oxygen atoms in total. The molecule has 0 bridgehead atoms. The van der Waals surface area contributed by atoms with Crippen LogP contribution in [0.3, 0.4) is 0 Å². The zero-order valence-corrected chi connectivity index (χ0v) is 14.7. The first kappa shape index (κ1) is 17.4. The Morgan fingerprint density at radius 2 is 2.20 bits per heavy atom. The fraction of sp³-hybridized carbons (Fsp3) is 0.450. The van der Waals surface area contributed by atoms with Gasteiger partial charge in [-0.2, -0.15) is 5.10 Å². The van der Waals surface area contributed by atoms with Crippen LogP contribution < -0.4 is 9.64 Å². The van der Waals surface area contributed by atoms with Crippen molar-refractivity contribution in [1.82, 2.24) is 10.2 Å². The third-order valence-corrected chi connectivity index (χ3v) is 4.65. The standard InChI is InChI=1S/C20H25N3O2/c1-16-9-10-20(22-21-16)23-11-3-6-17(14-23)7-4-12-25-19-8-2-5-18(13-19)15-24/h2,5,8-10,13,15,17H,3-4,6-7,11-12,14H2,1H3. The molecule has 25 heavy (non-hydrogen) atoms. The van der Waals surface area contributed by atoms with E-state index in [2.05, 4.69) is 21.2 Å². The number of hydrogen-bond donors (Lipinski definition) is 0. The van der Waals surface area contributed by atoms with E-state index in [0.717, 1.165) is 49.5 Å². The van der Waals surface area contributed by atoms with Crippen molar-refractivity contribution in [3.05, 3.63) is 47.7 Å². The quantitative estimate of drug-likeness (QED) is 0.569. The summed E-state index contributed by atoms with van der Waals surface area (Å²) in [6.45, 7) is 4.74. The third kappa shape index (κ3) is 5.02. The van der Waals surface area contributed by atoms with E-state index in [1.54, 1.807) is 12.1 Å². The van der Waals surface area contributed by atoms with E-state index >= 15 is 0 Å². The van der Waals surface area contributed by atoms with Crippen LogP contribution in [0.1, 0.15) is 41.7 Å². The van der Waals surface area contributed by atoms with Crippen LogP contribution in [-0.4, -0.2) is 36.2 Å². The van der Waals surface area contributed by atoms with Crippen molar-refractivity contribution in [2.45, 2.75) is 32.6 Å². The number of piperidine rings is 1. The predicted molar refractivity (Wildman–Crippen MR) is 98.3 cm³/mol. The summed E-state index contributed by atoms with van der Waals surface area (Å²) >= 11 is 0. The Balaban J connectivity index is 1.43. The van der Waals surface area contributed by atoms with Crippen molar-refractivity contribution in [1.29, 1.82) is 0 Å². The molecule has 132 valence electrons. The smallest absolute Gasteiger partial charge is 0.151 e. The second-order valence-electron chi connectivity index (χ2n) is 6.67. The Morgan fingerprint density at radius 1 is 1.28 bits per heavy atom. The molecule has 5 heteroatoms. The molecular weight excluding hydrogens is 314 g/mol. The van der Waals surface area contributed by atoms with Gasteiger partial charge in [0.15, 0.2) is 5.82 Å². The van der Waals surface area contributed by atoms with Gasteiger partial charge in [0.2, 0.25) is 0 Å². The van der Waals surface area contributed by atoms with Crippen LogP contribution >= 0.6 is 0 Å². The molecule has 0 aliphatic carbocycles. The van der Waals surface area contributed by atoms with Crippen molar-refractivity contribution in [2.24, 2.45) is 5.92 Å². The number of ether oxygens (including phenoxy) is 1. The van der Waals surface area contributed by atoms with Gasteiger partial charge in [-0.15, -0.1) is 5.10 Å². The lowest BCUT2D eigenvalue weighted by Gasteiger charge is -2.33. The fourth-order valence-corrected chi connectivity index (χ4v) is 3.31. The van der Waals surface area contributed by atoms with Gasteiger partial charge in [-0.1, -0.05) is 12.1 Å². The fourth-order valence-electron chi connectivity index (χ4n) is 3.31. The summed E-state index contributed by atoms with van der Waals surface area (Å²) in [4.78, 5) is 13.1. The van der Waals surface area contributed by atoms with Gasteiger partial charge in [-0.05, 0) is 62.8 Å². The van der Waals surface area contributed by atoms with Crippen LogP contribution in [-0.2, 0) is 0 Å². The Labute approximate surface area is 149 Å². The molecular formula is C20H25N3O2. The minimum absolute atomic E-state index is 0.652. The number of hydrogen-bond acceptors (Lipinski definition) is 5. The molecule has 2 aromatic rings. The molecule has 0 N–H and O–H groups in total. The lowest BCUT2D eigenvalue weighted by Crippen LogP contribution is -2.36. The Bertz CT molecular complexity index is 688. The Morgan fingerprint density at radius 3 is 3.00 bits per heavy atom. The van der Waals surface area contributed by atoms with Crippen LogP contribution in [0.15, 0.2) is 36.4 Å². The maximum Gasteiger partial charge on any atom is 0.151 e. The van der Waals surface area contributed by atoms with Gasteiger partial charge in [-0.3, -0.25) is 4.79 Å². The maximum absolute atomic E-state index is 10.8. The van der Waals surface area contributed by atoms with Gasteiger partial charge in [-0.25, -0.2) is 0 Å². The molecule has 1 aromatic heterocycles. The minimum Gasteiger partial charge on any atom is -0.494 e. The highest BCUT2D eigenvalue weighted by atomic mass is 16.5. The molecule has 1 aromatic carbocycles. The van der Waals surface area contributed by atoms with E-state index < -0.39 is 0 Å². The van der Waals surface area contributed by atoms with E-state index in [1.807, 2.05) is 25.1 Å². The van der Waals surface area contributed by atoms with Crippen LogP contribution in [0.4, 0.5) is 5.82 Å². The van der Waals surface area contributed by atoms with Gasteiger partial charge < -0.3 is 9.64 Å². The molecule has 1 atom stereocenters. The van der Waals surface area contributed by atoms with Crippen molar-refractivity contribution >= 4 is 12.1 Å². The third-order valence-electron chi connectivity index (χ3n) is 4.65. The topological polar surface area (TPSA) is 55.3 Å². The Hall–Kier alpha value is -2.43. The maximum atomic E-state index is 10.8.